The highest BCUT2D eigenvalue weighted by Crippen LogP contribution is 2.34. The minimum absolute atomic E-state index is 0.0622. The van der Waals surface area contributed by atoms with Gasteiger partial charge >= 0.3 is 5.97 Å². The van der Waals surface area contributed by atoms with Crippen molar-refractivity contribution in [2.24, 2.45) is 0 Å². The largest absolute Gasteiger partial charge is 0.507 e. The van der Waals surface area contributed by atoms with E-state index in [9.17, 15) is 14.7 Å². The van der Waals surface area contributed by atoms with Gasteiger partial charge in [0.25, 0.3) is 5.91 Å². The van der Waals surface area contributed by atoms with Gasteiger partial charge in [-0.2, -0.15) is 0 Å². The van der Waals surface area contributed by atoms with E-state index in [2.05, 4.69) is 10.3 Å². The van der Waals surface area contributed by atoms with Crippen molar-refractivity contribution in [1.82, 2.24) is 4.98 Å². The summed E-state index contributed by atoms with van der Waals surface area (Å²) in [5.74, 6) is -0.693. The van der Waals surface area contributed by atoms with Gasteiger partial charge in [0.15, 0.2) is 0 Å². The molecule has 4 rings (SSSR count). The smallest absolute Gasteiger partial charge is 0.340 e. The molecule has 7 nitrogen and oxygen atoms in total. The predicted molar refractivity (Wildman–Crippen MR) is 143 cm³/mol. The van der Waals surface area contributed by atoms with Gasteiger partial charge in [0, 0.05) is 18.0 Å². The number of carbonyl (C=O) groups excluding carboxylic acids is 2. The summed E-state index contributed by atoms with van der Waals surface area (Å²) in [6.45, 7) is 5.32. The molecule has 2 N–H and O–H groups in total. The number of nitrogens with one attached hydrogen (secondary N) is 1. The molecule has 0 bridgehead atoms. The average molecular weight is 497 g/mol. The third kappa shape index (κ3) is 5.95. The summed E-state index contributed by atoms with van der Waals surface area (Å²) in [4.78, 5) is 30.4. The molecule has 3 aromatic carbocycles. The van der Waals surface area contributed by atoms with Gasteiger partial charge in [-0.1, -0.05) is 30.3 Å². The summed E-state index contributed by atoms with van der Waals surface area (Å²) in [6.07, 6.45) is 3.30. The van der Waals surface area contributed by atoms with Crippen molar-refractivity contribution in [3.63, 3.8) is 0 Å². The lowest BCUT2D eigenvalue weighted by Crippen LogP contribution is -2.25. The number of amides is 1. The second-order valence-corrected chi connectivity index (χ2v) is 9.38. The Morgan fingerprint density at radius 1 is 0.838 bits per heavy atom. The summed E-state index contributed by atoms with van der Waals surface area (Å²) < 4.78 is 11.1. The van der Waals surface area contributed by atoms with Crippen LogP contribution in [0.3, 0.4) is 0 Å². The number of carbonyl (C=O) groups is 2. The van der Waals surface area contributed by atoms with Crippen LogP contribution in [0.15, 0.2) is 85.2 Å². The van der Waals surface area contributed by atoms with Gasteiger partial charge < -0.3 is 19.9 Å². The third-order valence-corrected chi connectivity index (χ3v) is 5.56. The van der Waals surface area contributed by atoms with Crippen LogP contribution in [0.1, 0.15) is 41.5 Å². The van der Waals surface area contributed by atoms with E-state index in [0.29, 0.717) is 5.75 Å². The zero-order chi connectivity index (χ0) is 26.6. The number of nitrogens with zero attached hydrogens (tertiary/aromatic N) is 1. The molecule has 0 saturated heterocycles. The molecular weight excluding hydrogens is 468 g/mol. The first kappa shape index (κ1) is 25.4. The molecule has 0 aliphatic heterocycles. The number of hydrogen-bond acceptors (Lipinski definition) is 6. The summed E-state index contributed by atoms with van der Waals surface area (Å²) >= 11 is 0. The second kappa shape index (κ2) is 10.5. The van der Waals surface area contributed by atoms with Crippen molar-refractivity contribution >= 4 is 17.6 Å². The lowest BCUT2D eigenvalue weighted by Gasteiger charge is -2.21. The van der Waals surface area contributed by atoms with E-state index in [4.69, 9.17) is 9.47 Å². The normalized spacial score (nSPS) is 11.0. The molecule has 1 heterocycles. The number of rotatable bonds is 6. The van der Waals surface area contributed by atoms with E-state index in [0.717, 1.165) is 22.3 Å². The van der Waals surface area contributed by atoms with E-state index < -0.39 is 17.5 Å². The second-order valence-electron chi connectivity index (χ2n) is 9.38. The van der Waals surface area contributed by atoms with E-state index in [1.165, 1.54) is 6.07 Å². The molecule has 0 saturated carbocycles. The Morgan fingerprint density at radius 2 is 1.54 bits per heavy atom. The highest BCUT2D eigenvalue weighted by molar-refractivity contribution is 6.10. The van der Waals surface area contributed by atoms with E-state index in [1.54, 1.807) is 70.6 Å². The summed E-state index contributed by atoms with van der Waals surface area (Å²) in [5, 5.41) is 13.3. The number of aromatic hydroxyl groups is 1. The fourth-order valence-electron chi connectivity index (χ4n) is 3.84. The number of phenolic OH excluding ortho intramolecular Hbond substituents is 1. The number of para-hydroxylation sites is 1. The molecule has 37 heavy (non-hydrogen) atoms. The third-order valence-electron chi connectivity index (χ3n) is 5.56. The first-order valence-electron chi connectivity index (χ1n) is 11.7. The van der Waals surface area contributed by atoms with E-state index in [-0.39, 0.29) is 22.6 Å². The minimum Gasteiger partial charge on any atom is -0.507 e. The van der Waals surface area contributed by atoms with Gasteiger partial charge in [-0.3, -0.25) is 9.78 Å². The van der Waals surface area contributed by atoms with Gasteiger partial charge in [0.2, 0.25) is 0 Å². The summed E-state index contributed by atoms with van der Waals surface area (Å²) in [6, 6.07) is 20.9. The van der Waals surface area contributed by atoms with Crippen molar-refractivity contribution < 1.29 is 24.2 Å². The van der Waals surface area contributed by atoms with Crippen LogP contribution in [0.25, 0.3) is 22.3 Å². The molecular formula is C30H28N2O5. The Bertz CT molecular complexity index is 1440. The number of methoxy groups -OCH3 is 1. The van der Waals surface area contributed by atoms with Gasteiger partial charge in [0.05, 0.1) is 23.9 Å². The Labute approximate surface area is 215 Å². The number of ether oxygens (including phenoxy) is 2. The van der Waals surface area contributed by atoms with Gasteiger partial charge in [-0.25, -0.2) is 4.79 Å². The number of aromatic nitrogens is 1. The molecule has 0 unspecified atom stereocenters. The molecule has 0 aliphatic carbocycles. The molecule has 0 atom stereocenters. The maximum Gasteiger partial charge on any atom is 0.340 e. The van der Waals surface area contributed by atoms with Gasteiger partial charge in [-0.05, 0) is 79.9 Å². The maximum atomic E-state index is 13.4. The molecule has 7 heteroatoms. The van der Waals surface area contributed by atoms with Gasteiger partial charge in [-0.15, -0.1) is 0 Å². The quantitative estimate of drug-likeness (QED) is 0.303. The van der Waals surface area contributed by atoms with Gasteiger partial charge in [0.1, 0.15) is 17.1 Å². The Hall–Kier alpha value is -4.65. The van der Waals surface area contributed by atoms with Crippen LogP contribution >= 0.6 is 0 Å². The van der Waals surface area contributed by atoms with Crippen molar-refractivity contribution in [2.75, 3.05) is 12.4 Å². The fourth-order valence-corrected chi connectivity index (χ4v) is 3.84. The number of esters is 1. The zero-order valence-electron chi connectivity index (χ0n) is 21.1. The fraction of sp³-hybridized carbons (Fsp3) is 0.167. The first-order chi connectivity index (χ1) is 17.7. The predicted octanol–water partition coefficient (Wildman–Crippen LogP) is 6.34. The number of phenols is 1. The van der Waals surface area contributed by atoms with E-state index in [1.807, 2.05) is 36.4 Å². The molecule has 0 radical (unpaired) electrons. The Morgan fingerprint density at radius 3 is 2.24 bits per heavy atom. The minimum atomic E-state index is -0.725. The van der Waals surface area contributed by atoms with Crippen LogP contribution in [-0.2, 0) is 4.74 Å². The number of benzene rings is 3. The number of hydrogen-bond donors (Lipinski definition) is 2. The zero-order valence-corrected chi connectivity index (χ0v) is 21.1. The molecule has 1 amide bonds. The summed E-state index contributed by atoms with van der Waals surface area (Å²) in [7, 11) is 1.58. The van der Waals surface area contributed by atoms with Crippen LogP contribution in [-0.4, -0.2) is 34.7 Å². The molecule has 0 spiro atoms. The van der Waals surface area contributed by atoms with Crippen LogP contribution in [0, 0.1) is 0 Å². The molecule has 0 fully saturated rings. The number of anilines is 1. The van der Waals surface area contributed by atoms with Crippen molar-refractivity contribution in [3.8, 4) is 33.8 Å². The maximum absolute atomic E-state index is 13.4. The molecule has 0 aliphatic rings. The van der Waals surface area contributed by atoms with Crippen LogP contribution in [0.2, 0.25) is 0 Å². The average Bonchev–Trinajstić information content (AvgIpc) is 2.88. The first-order valence-corrected chi connectivity index (χ1v) is 11.7. The monoisotopic (exact) mass is 496 g/mol. The lowest BCUT2D eigenvalue weighted by molar-refractivity contribution is 0.00708. The Balaban J connectivity index is 1.76. The molecule has 1 aromatic heterocycles. The Kier molecular flexibility index (Phi) is 7.25. The topological polar surface area (TPSA) is 97.8 Å². The van der Waals surface area contributed by atoms with Crippen LogP contribution in [0.4, 0.5) is 5.69 Å². The molecule has 4 aromatic rings. The van der Waals surface area contributed by atoms with E-state index >= 15 is 0 Å². The summed E-state index contributed by atoms with van der Waals surface area (Å²) in [5.41, 5.74) is 2.87. The van der Waals surface area contributed by atoms with Crippen LogP contribution < -0.4 is 10.1 Å². The lowest BCUT2D eigenvalue weighted by atomic mass is 10.00. The number of pyridine rings is 1. The highest BCUT2D eigenvalue weighted by Gasteiger charge is 2.23. The van der Waals surface area contributed by atoms with Crippen molar-refractivity contribution in [2.45, 2.75) is 26.4 Å². The van der Waals surface area contributed by atoms with Crippen molar-refractivity contribution in [3.05, 3.63) is 96.3 Å². The van der Waals surface area contributed by atoms with Crippen LogP contribution in [0.5, 0.6) is 11.5 Å². The SMILES string of the molecule is COc1ccccc1-c1ccc(C(=O)OC(C)(C)C)c(NC(=O)c2cc(-c3ccncc3)ccc2O)c1. The standard InChI is InChI=1S/C30H28N2O5/c1-30(2,3)37-29(35)23-11-9-21(22-7-5-6-8-27(22)36-4)18-25(23)32-28(34)24-17-20(10-12-26(24)33)19-13-15-31-16-14-19/h5-18,33H,1-4H3,(H,32,34). The van der Waals surface area contributed by atoms with Crippen molar-refractivity contribution in [1.29, 1.82) is 0 Å². The molecule has 188 valence electrons. The highest BCUT2D eigenvalue weighted by atomic mass is 16.6.